The predicted octanol–water partition coefficient (Wildman–Crippen LogP) is 1.65. The summed E-state index contributed by atoms with van der Waals surface area (Å²) in [5.41, 5.74) is 0.266. The molecule has 0 spiro atoms. The average Bonchev–Trinajstić information content (AvgIpc) is 2.24. The van der Waals surface area contributed by atoms with E-state index in [1.165, 1.54) is 45.6 Å². The van der Waals surface area contributed by atoms with Gasteiger partial charge in [-0.25, -0.2) is 0 Å². The molecule has 0 radical (unpaired) electrons. The van der Waals surface area contributed by atoms with Gasteiger partial charge in [0.25, 0.3) is 0 Å². The van der Waals surface area contributed by atoms with Gasteiger partial charge in [-0.1, -0.05) is 0 Å². The number of nitrogens with zero attached hydrogens (tertiary/aromatic N) is 2. The van der Waals surface area contributed by atoms with Crippen molar-refractivity contribution in [2.45, 2.75) is 39.2 Å². The van der Waals surface area contributed by atoms with Gasteiger partial charge in [-0.15, -0.1) is 0 Å². The van der Waals surface area contributed by atoms with Gasteiger partial charge in [-0.3, -0.25) is 0 Å². The highest BCUT2D eigenvalue weighted by Crippen LogP contribution is 2.17. The second-order valence-electron chi connectivity index (χ2n) is 6.72. The summed E-state index contributed by atoms with van der Waals surface area (Å²) in [6, 6.07) is 0. The minimum atomic E-state index is 0.266. The van der Waals surface area contributed by atoms with Crippen LogP contribution in [0.4, 0.5) is 0 Å². The zero-order valence-corrected chi connectivity index (χ0v) is 12.4. The normalized spacial score (nSPS) is 20.1. The van der Waals surface area contributed by atoms with Gasteiger partial charge in [0, 0.05) is 18.6 Å². The molecule has 102 valence electrons. The third kappa shape index (κ3) is 7.02. The van der Waals surface area contributed by atoms with Crippen LogP contribution in [-0.2, 0) is 0 Å². The molecule has 1 aliphatic rings. The first-order valence-corrected chi connectivity index (χ1v) is 6.99. The molecule has 0 atom stereocenters. The first kappa shape index (κ1) is 14.9. The van der Waals surface area contributed by atoms with E-state index >= 15 is 0 Å². The van der Waals surface area contributed by atoms with E-state index in [-0.39, 0.29) is 5.54 Å². The Kier molecular flexibility index (Phi) is 5.90. The maximum Gasteiger partial charge on any atom is 0.0109 e. The Labute approximate surface area is 108 Å². The lowest BCUT2D eigenvalue weighted by molar-refractivity contribution is 0.164. The SMILES string of the molecule is CN(C)CCN1CCC(CNC(C)(C)C)CC1. The molecular formula is C14H31N3. The molecular weight excluding hydrogens is 210 g/mol. The third-order valence-corrected chi connectivity index (χ3v) is 3.49. The summed E-state index contributed by atoms with van der Waals surface area (Å²) in [6.07, 6.45) is 2.72. The van der Waals surface area contributed by atoms with E-state index in [9.17, 15) is 0 Å². The fourth-order valence-electron chi connectivity index (χ4n) is 2.21. The van der Waals surface area contributed by atoms with Crippen LogP contribution in [0.3, 0.4) is 0 Å². The molecule has 0 aromatic carbocycles. The van der Waals surface area contributed by atoms with Crippen molar-refractivity contribution in [3.05, 3.63) is 0 Å². The summed E-state index contributed by atoms with van der Waals surface area (Å²) >= 11 is 0. The highest BCUT2D eigenvalue weighted by Gasteiger charge is 2.20. The van der Waals surface area contributed by atoms with Gasteiger partial charge in [0.05, 0.1) is 0 Å². The van der Waals surface area contributed by atoms with Crippen LogP contribution in [0, 0.1) is 5.92 Å². The number of rotatable bonds is 5. The first-order chi connectivity index (χ1) is 7.87. The van der Waals surface area contributed by atoms with Crippen LogP contribution in [0.2, 0.25) is 0 Å². The minimum absolute atomic E-state index is 0.266. The van der Waals surface area contributed by atoms with Crippen molar-refractivity contribution in [2.24, 2.45) is 5.92 Å². The van der Waals surface area contributed by atoms with E-state index in [2.05, 4.69) is 50.0 Å². The lowest BCUT2D eigenvalue weighted by atomic mass is 9.95. The van der Waals surface area contributed by atoms with Gasteiger partial charge in [-0.2, -0.15) is 0 Å². The molecule has 17 heavy (non-hydrogen) atoms. The number of hydrogen-bond donors (Lipinski definition) is 1. The summed E-state index contributed by atoms with van der Waals surface area (Å²) in [5.74, 6) is 0.879. The van der Waals surface area contributed by atoms with Gasteiger partial charge < -0.3 is 15.1 Å². The molecule has 0 unspecified atom stereocenters. The Morgan fingerprint density at radius 1 is 1.18 bits per heavy atom. The molecule has 1 heterocycles. The molecule has 3 heteroatoms. The first-order valence-electron chi connectivity index (χ1n) is 6.99. The van der Waals surface area contributed by atoms with Crippen LogP contribution in [0.25, 0.3) is 0 Å². The monoisotopic (exact) mass is 241 g/mol. The predicted molar refractivity (Wildman–Crippen MR) is 75.5 cm³/mol. The Bertz CT molecular complexity index is 200. The van der Waals surface area contributed by atoms with E-state index in [0.717, 1.165) is 5.92 Å². The number of likely N-dealkylation sites (tertiary alicyclic amines) is 1. The van der Waals surface area contributed by atoms with Crippen molar-refractivity contribution >= 4 is 0 Å². The second-order valence-corrected chi connectivity index (χ2v) is 6.72. The third-order valence-electron chi connectivity index (χ3n) is 3.49. The Hall–Kier alpha value is -0.120. The van der Waals surface area contributed by atoms with Crippen LogP contribution >= 0.6 is 0 Å². The van der Waals surface area contributed by atoms with Gasteiger partial charge in [0.1, 0.15) is 0 Å². The van der Waals surface area contributed by atoms with Gasteiger partial charge >= 0.3 is 0 Å². The van der Waals surface area contributed by atoms with Crippen LogP contribution < -0.4 is 5.32 Å². The maximum absolute atomic E-state index is 3.63. The molecule has 1 aliphatic heterocycles. The summed E-state index contributed by atoms with van der Waals surface area (Å²) in [5, 5.41) is 3.63. The maximum atomic E-state index is 3.63. The Morgan fingerprint density at radius 2 is 1.76 bits per heavy atom. The Balaban J connectivity index is 2.13. The smallest absolute Gasteiger partial charge is 0.0109 e. The van der Waals surface area contributed by atoms with E-state index < -0.39 is 0 Å². The van der Waals surface area contributed by atoms with Gasteiger partial charge in [0.2, 0.25) is 0 Å². The van der Waals surface area contributed by atoms with E-state index in [0.29, 0.717) is 0 Å². The molecule has 1 saturated heterocycles. The van der Waals surface area contributed by atoms with E-state index in [1.54, 1.807) is 0 Å². The largest absolute Gasteiger partial charge is 0.312 e. The van der Waals surface area contributed by atoms with E-state index in [1.807, 2.05) is 0 Å². The summed E-state index contributed by atoms with van der Waals surface area (Å²) in [6.45, 7) is 12.9. The number of hydrogen-bond acceptors (Lipinski definition) is 3. The summed E-state index contributed by atoms with van der Waals surface area (Å²) in [4.78, 5) is 4.88. The van der Waals surface area contributed by atoms with Crippen molar-refractivity contribution < 1.29 is 0 Å². The molecule has 1 N–H and O–H groups in total. The van der Waals surface area contributed by atoms with Gasteiger partial charge in [0.15, 0.2) is 0 Å². The van der Waals surface area contributed by atoms with Crippen LogP contribution in [-0.4, -0.2) is 62.2 Å². The highest BCUT2D eigenvalue weighted by atomic mass is 15.2. The summed E-state index contributed by atoms with van der Waals surface area (Å²) in [7, 11) is 4.31. The van der Waals surface area contributed by atoms with Crippen molar-refractivity contribution in [3.63, 3.8) is 0 Å². The molecule has 0 aliphatic carbocycles. The molecule has 0 amide bonds. The molecule has 3 nitrogen and oxygen atoms in total. The topological polar surface area (TPSA) is 18.5 Å². The lowest BCUT2D eigenvalue weighted by Crippen LogP contribution is -2.44. The van der Waals surface area contributed by atoms with Crippen molar-refractivity contribution in [3.8, 4) is 0 Å². The fraction of sp³-hybridized carbons (Fsp3) is 1.00. The standard InChI is InChI=1S/C14H31N3/c1-14(2,3)15-12-13-6-8-17(9-7-13)11-10-16(4)5/h13,15H,6-12H2,1-5H3. The van der Waals surface area contributed by atoms with Crippen LogP contribution in [0.15, 0.2) is 0 Å². The Morgan fingerprint density at radius 3 is 2.24 bits per heavy atom. The minimum Gasteiger partial charge on any atom is -0.312 e. The number of nitrogens with one attached hydrogen (secondary N) is 1. The molecule has 1 fully saturated rings. The molecule has 1 rings (SSSR count). The van der Waals surface area contributed by atoms with Crippen molar-refractivity contribution in [1.29, 1.82) is 0 Å². The van der Waals surface area contributed by atoms with E-state index in [4.69, 9.17) is 0 Å². The van der Waals surface area contributed by atoms with Crippen LogP contribution in [0.1, 0.15) is 33.6 Å². The zero-order valence-electron chi connectivity index (χ0n) is 12.4. The molecule has 0 aromatic heterocycles. The van der Waals surface area contributed by atoms with Gasteiger partial charge in [-0.05, 0) is 73.3 Å². The summed E-state index contributed by atoms with van der Waals surface area (Å²) < 4.78 is 0. The quantitative estimate of drug-likeness (QED) is 0.789. The van der Waals surface area contributed by atoms with Crippen LogP contribution in [0.5, 0.6) is 0 Å². The fourth-order valence-corrected chi connectivity index (χ4v) is 2.21. The molecule has 0 aromatic rings. The lowest BCUT2D eigenvalue weighted by Gasteiger charge is -2.34. The molecule has 0 bridgehead atoms. The van der Waals surface area contributed by atoms with Crippen molar-refractivity contribution in [2.75, 3.05) is 46.8 Å². The highest BCUT2D eigenvalue weighted by molar-refractivity contribution is 4.78. The number of piperidine rings is 1. The zero-order chi connectivity index (χ0) is 12.9. The average molecular weight is 241 g/mol. The van der Waals surface area contributed by atoms with Crippen molar-refractivity contribution in [1.82, 2.24) is 15.1 Å². The molecule has 0 saturated carbocycles. The second kappa shape index (κ2) is 6.72. The number of likely N-dealkylation sites (N-methyl/N-ethyl adjacent to an activating group) is 1.